The highest BCUT2D eigenvalue weighted by Gasteiger charge is 2.36. The van der Waals surface area contributed by atoms with Crippen LogP contribution in [0.2, 0.25) is 0 Å². The zero-order valence-corrected chi connectivity index (χ0v) is 18.8. The number of benzene rings is 2. The van der Waals surface area contributed by atoms with Crippen LogP contribution in [0.5, 0.6) is 11.5 Å². The molecule has 0 aliphatic carbocycles. The lowest BCUT2D eigenvalue weighted by Gasteiger charge is -2.32. The standard InChI is InChI=1S/C25H28F2N2O4/c1-15-12-17(23(32)28-10-7-25(26,27)8-11-28)5-6-18(15)20-4-3-9-29(20)24(33)19-13-16(2)21(30)14-22(19)31/h5-6,12-14,20,30-31H,3-4,7-11H2,1-2H3. The molecule has 0 aromatic heterocycles. The minimum absolute atomic E-state index is 0.0348. The average Bonchev–Trinajstić information content (AvgIpc) is 3.25. The minimum Gasteiger partial charge on any atom is -0.508 e. The summed E-state index contributed by atoms with van der Waals surface area (Å²) in [6.45, 7) is 4.14. The van der Waals surface area contributed by atoms with Gasteiger partial charge in [0.15, 0.2) is 0 Å². The Morgan fingerprint density at radius 1 is 0.939 bits per heavy atom. The molecule has 176 valence electrons. The third kappa shape index (κ3) is 4.51. The molecule has 2 N–H and O–H groups in total. The summed E-state index contributed by atoms with van der Waals surface area (Å²) in [6.07, 6.45) is 0.909. The van der Waals surface area contributed by atoms with Crippen molar-refractivity contribution in [1.29, 1.82) is 0 Å². The van der Waals surface area contributed by atoms with Crippen LogP contribution in [-0.2, 0) is 0 Å². The Bertz CT molecular complexity index is 1090. The van der Waals surface area contributed by atoms with Crippen molar-refractivity contribution in [1.82, 2.24) is 9.80 Å². The summed E-state index contributed by atoms with van der Waals surface area (Å²) in [5.74, 6) is -3.62. The fourth-order valence-electron chi connectivity index (χ4n) is 4.75. The molecule has 0 spiro atoms. The van der Waals surface area contributed by atoms with Crippen LogP contribution in [0.3, 0.4) is 0 Å². The Morgan fingerprint density at radius 3 is 2.30 bits per heavy atom. The van der Waals surface area contributed by atoms with Gasteiger partial charge in [0.05, 0.1) is 11.6 Å². The van der Waals surface area contributed by atoms with Crippen molar-refractivity contribution < 1.29 is 28.6 Å². The number of piperidine rings is 1. The molecule has 6 nitrogen and oxygen atoms in total. The monoisotopic (exact) mass is 458 g/mol. The van der Waals surface area contributed by atoms with Crippen molar-refractivity contribution in [2.24, 2.45) is 0 Å². The Hall–Kier alpha value is -3.16. The van der Waals surface area contributed by atoms with Crippen molar-refractivity contribution in [2.75, 3.05) is 19.6 Å². The van der Waals surface area contributed by atoms with Gasteiger partial charge in [0.1, 0.15) is 11.5 Å². The van der Waals surface area contributed by atoms with Gasteiger partial charge in [-0.25, -0.2) is 8.78 Å². The number of carbonyl (C=O) groups excluding carboxylic acids is 2. The summed E-state index contributed by atoms with van der Waals surface area (Å²) in [7, 11) is 0. The van der Waals surface area contributed by atoms with Gasteiger partial charge >= 0.3 is 0 Å². The molecule has 0 bridgehead atoms. The molecule has 8 heteroatoms. The van der Waals surface area contributed by atoms with E-state index in [1.165, 1.54) is 17.0 Å². The molecule has 2 aliphatic rings. The summed E-state index contributed by atoms with van der Waals surface area (Å²) < 4.78 is 26.9. The smallest absolute Gasteiger partial charge is 0.258 e. The van der Waals surface area contributed by atoms with E-state index in [0.29, 0.717) is 17.7 Å². The number of phenols is 2. The van der Waals surface area contributed by atoms with E-state index in [0.717, 1.165) is 24.0 Å². The highest BCUT2D eigenvalue weighted by molar-refractivity contribution is 5.98. The molecule has 2 aromatic rings. The first kappa shape index (κ1) is 23.0. The first-order chi connectivity index (χ1) is 15.6. The van der Waals surface area contributed by atoms with Crippen LogP contribution in [0, 0.1) is 13.8 Å². The Labute approximate surface area is 191 Å². The summed E-state index contributed by atoms with van der Waals surface area (Å²) in [4.78, 5) is 29.2. The minimum atomic E-state index is -2.71. The lowest BCUT2D eigenvalue weighted by Crippen LogP contribution is -2.42. The fraction of sp³-hybridized carbons (Fsp3) is 0.440. The lowest BCUT2D eigenvalue weighted by atomic mass is 9.96. The number of carbonyl (C=O) groups is 2. The fourth-order valence-corrected chi connectivity index (χ4v) is 4.75. The van der Waals surface area contributed by atoms with Gasteiger partial charge in [-0.3, -0.25) is 9.59 Å². The van der Waals surface area contributed by atoms with Gasteiger partial charge in [-0.15, -0.1) is 0 Å². The molecule has 2 fully saturated rings. The van der Waals surface area contributed by atoms with E-state index in [4.69, 9.17) is 0 Å². The third-order valence-corrected chi connectivity index (χ3v) is 6.72. The first-order valence-corrected chi connectivity index (χ1v) is 11.2. The number of amides is 2. The number of halogens is 2. The van der Waals surface area contributed by atoms with E-state index in [1.54, 1.807) is 24.0 Å². The molecule has 1 atom stereocenters. The molecule has 2 amide bonds. The van der Waals surface area contributed by atoms with E-state index in [2.05, 4.69) is 0 Å². The average molecular weight is 459 g/mol. The van der Waals surface area contributed by atoms with Gasteiger partial charge in [-0.05, 0) is 61.6 Å². The maximum Gasteiger partial charge on any atom is 0.258 e. The lowest BCUT2D eigenvalue weighted by molar-refractivity contribution is -0.0494. The highest BCUT2D eigenvalue weighted by atomic mass is 19.3. The second-order valence-corrected chi connectivity index (χ2v) is 9.03. The van der Waals surface area contributed by atoms with Gasteiger partial charge in [0.25, 0.3) is 17.7 Å². The van der Waals surface area contributed by atoms with Crippen molar-refractivity contribution >= 4 is 11.8 Å². The van der Waals surface area contributed by atoms with Crippen LogP contribution in [0.25, 0.3) is 0 Å². The zero-order valence-electron chi connectivity index (χ0n) is 18.8. The summed E-state index contributed by atoms with van der Waals surface area (Å²) >= 11 is 0. The highest BCUT2D eigenvalue weighted by Crippen LogP contribution is 2.37. The number of alkyl halides is 2. The molecule has 2 aromatic carbocycles. The Balaban J connectivity index is 1.54. The third-order valence-electron chi connectivity index (χ3n) is 6.72. The summed E-state index contributed by atoms with van der Waals surface area (Å²) in [5.41, 5.74) is 2.85. The first-order valence-electron chi connectivity index (χ1n) is 11.2. The quantitative estimate of drug-likeness (QED) is 0.707. The number of hydrogen-bond acceptors (Lipinski definition) is 4. The predicted molar refractivity (Wildman–Crippen MR) is 119 cm³/mol. The van der Waals surface area contributed by atoms with Crippen LogP contribution < -0.4 is 0 Å². The number of rotatable bonds is 3. The molecule has 2 heterocycles. The zero-order chi connectivity index (χ0) is 23.9. The largest absolute Gasteiger partial charge is 0.508 e. The van der Waals surface area contributed by atoms with Crippen LogP contribution in [0.1, 0.15) is 69.1 Å². The topological polar surface area (TPSA) is 81.1 Å². The number of nitrogens with zero attached hydrogens (tertiary/aromatic N) is 2. The van der Waals surface area contributed by atoms with E-state index in [-0.39, 0.29) is 60.8 Å². The predicted octanol–water partition coefficient (Wildman–Crippen LogP) is 4.56. The normalized spacial score (nSPS) is 20.2. The molecule has 2 saturated heterocycles. The van der Waals surface area contributed by atoms with Gasteiger partial charge < -0.3 is 20.0 Å². The van der Waals surface area contributed by atoms with E-state index in [1.807, 2.05) is 13.0 Å². The Kier molecular flexibility index (Phi) is 6.03. The molecular weight excluding hydrogens is 430 g/mol. The summed E-state index contributed by atoms with van der Waals surface area (Å²) in [5, 5.41) is 20.0. The number of aryl methyl sites for hydroxylation is 2. The number of aromatic hydroxyl groups is 2. The van der Waals surface area contributed by atoms with Gasteiger partial charge in [-0.2, -0.15) is 0 Å². The molecule has 0 radical (unpaired) electrons. The van der Waals surface area contributed by atoms with Crippen LogP contribution in [0.15, 0.2) is 30.3 Å². The maximum atomic E-state index is 13.4. The second kappa shape index (κ2) is 8.65. The van der Waals surface area contributed by atoms with Crippen LogP contribution in [0.4, 0.5) is 8.78 Å². The molecule has 1 unspecified atom stereocenters. The number of hydrogen-bond donors (Lipinski definition) is 2. The van der Waals surface area contributed by atoms with Crippen LogP contribution >= 0.6 is 0 Å². The van der Waals surface area contributed by atoms with Gasteiger partial charge in [0, 0.05) is 44.1 Å². The SMILES string of the molecule is Cc1cc(C(=O)N2CCCC2c2ccc(C(=O)N3CCC(F)(F)CC3)cc2C)c(O)cc1O. The molecule has 0 saturated carbocycles. The van der Waals surface area contributed by atoms with Crippen molar-refractivity contribution in [3.05, 3.63) is 58.1 Å². The number of likely N-dealkylation sites (tertiary alicyclic amines) is 2. The Morgan fingerprint density at radius 2 is 1.64 bits per heavy atom. The second-order valence-electron chi connectivity index (χ2n) is 9.03. The van der Waals surface area contributed by atoms with Gasteiger partial charge in [0.2, 0.25) is 0 Å². The van der Waals surface area contributed by atoms with E-state index >= 15 is 0 Å². The van der Waals surface area contributed by atoms with Gasteiger partial charge in [-0.1, -0.05) is 6.07 Å². The van der Waals surface area contributed by atoms with Crippen molar-refractivity contribution in [3.8, 4) is 11.5 Å². The summed E-state index contributed by atoms with van der Waals surface area (Å²) in [6, 6.07) is 7.74. The van der Waals surface area contributed by atoms with Crippen molar-refractivity contribution in [3.63, 3.8) is 0 Å². The van der Waals surface area contributed by atoms with E-state index < -0.39 is 5.92 Å². The van der Waals surface area contributed by atoms with E-state index in [9.17, 15) is 28.6 Å². The van der Waals surface area contributed by atoms with Crippen molar-refractivity contribution in [2.45, 2.75) is 51.5 Å². The number of phenolic OH excluding ortho intramolecular Hbond substituents is 2. The molecular formula is C25H28F2N2O4. The molecule has 33 heavy (non-hydrogen) atoms. The maximum absolute atomic E-state index is 13.4. The molecule has 4 rings (SSSR count). The van der Waals surface area contributed by atoms with Crippen LogP contribution in [-0.4, -0.2) is 57.4 Å². The molecule has 2 aliphatic heterocycles.